The average Bonchev–Trinajstić information content (AvgIpc) is 3.96. The van der Waals surface area contributed by atoms with Crippen LogP contribution in [0.4, 0.5) is 17.1 Å². The van der Waals surface area contributed by atoms with Gasteiger partial charge in [-0.1, -0.05) is 121 Å². The molecule has 1 spiro atoms. The molecule has 0 saturated heterocycles. The zero-order valence-corrected chi connectivity index (χ0v) is 34.0. The van der Waals surface area contributed by atoms with E-state index in [9.17, 15) is 0 Å². The van der Waals surface area contributed by atoms with Crippen LogP contribution in [0.25, 0.3) is 71.7 Å². The Morgan fingerprint density at radius 2 is 1.10 bits per heavy atom. The van der Waals surface area contributed by atoms with E-state index in [0.717, 1.165) is 50.8 Å². The number of nitrogens with zero attached hydrogens (tertiary/aromatic N) is 2. The second kappa shape index (κ2) is 12.6. The molecule has 4 bridgehead atoms. The van der Waals surface area contributed by atoms with E-state index in [0.29, 0.717) is 11.8 Å². The van der Waals surface area contributed by atoms with Gasteiger partial charge in [-0.25, -0.2) is 0 Å². The van der Waals surface area contributed by atoms with Crippen LogP contribution in [-0.4, -0.2) is 4.57 Å². The van der Waals surface area contributed by atoms with Gasteiger partial charge in [-0.15, -0.1) is 0 Å². The van der Waals surface area contributed by atoms with Gasteiger partial charge in [0, 0.05) is 38.3 Å². The van der Waals surface area contributed by atoms with Crippen molar-refractivity contribution in [3.63, 3.8) is 0 Å². The molecule has 0 N–H and O–H groups in total. The van der Waals surface area contributed by atoms with Crippen molar-refractivity contribution in [3.05, 3.63) is 193 Å². The number of hydrogen-bond donors (Lipinski definition) is 0. The van der Waals surface area contributed by atoms with E-state index in [4.69, 9.17) is 4.42 Å². The summed E-state index contributed by atoms with van der Waals surface area (Å²) in [4.78, 5) is 2.54. The second-order valence-electron chi connectivity index (χ2n) is 18.5. The van der Waals surface area contributed by atoms with E-state index >= 15 is 0 Å². The number of hydrogen-bond acceptors (Lipinski definition) is 2. The van der Waals surface area contributed by atoms with Crippen LogP contribution in [0.2, 0.25) is 0 Å². The van der Waals surface area contributed by atoms with Crippen LogP contribution in [0.1, 0.15) is 43.2 Å². The molecule has 10 aromatic rings. The Hall–Kier alpha value is -6.84. The molecule has 292 valence electrons. The van der Waals surface area contributed by atoms with Crippen molar-refractivity contribution < 1.29 is 4.42 Å². The number of fused-ring (bicyclic) bond motifs is 9. The molecule has 4 saturated carbocycles. The van der Waals surface area contributed by atoms with Gasteiger partial charge >= 0.3 is 0 Å². The molecule has 3 heteroatoms. The minimum atomic E-state index is -0.00866. The monoisotopic (exact) mass is 784 g/mol. The maximum Gasteiger partial charge on any atom is 0.159 e. The first-order chi connectivity index (χ1) is 30.2. The van der Waals surface area contributed by atoms with Crippen molar-refractivity contribution in [2.45, 2.75) is 37.5 Å². The molecule has 0 aliphatic heterocycles. The summed E-state index contributed by atoms with van der Waals surface area (Å²) in [7, 11) is 0. The van der Waals surface area contributed by atoms with E-state index in [-0.39, 0.29) is 5.41 Å². The number of aromatic nitrogens is 1. The lowest BCUT2D eigenvalue weighted by molar-refractivity contribution is -0.0399. The number of benzene rings is 8. The topological polar surface area (TPSA) is 21.3 Å². The fraction of sp³-hybridized carbons (Fsp3) is 0.172. The summed E-state index contributed by atoms with van der Waals surface area (Å²) in [6.07, 6.45) is 6.79. The molecule has 5 aliphatic rings. The van der Waals surface area contributed by atoms with Gasteiger partial charge in [0.15, 0.2) is 5.58 Å². The van der Waals surface area contributed by atoms with E-state index < -0.39 is 0 Å². The van der Waals surface area contributed by atoms with Gasteiger partial charge < -0.3 is 13.9 Å². The lowest BCUT2D eigenvalue weighted by Crippen LogP contribution is -2.55. The Morgan fingerprint density at radius 1 is 0.475 bits per heavy atom. The van der Waals surface area contributed by atoms with Gasteiger partial charge in [0.2, 0.25) is 0 Å². The summed E-state index contributed by atoms with van der Waals surface area (Å²) in [5, 5.41) is 4.75. The number of anilines is 3. The zero-order chi connectivity index (χ0) is 39.8. The van der Waals surface area contributed by atoms with Crippen molar-refractivity contribution in [2.24, 2.45) is 23.7 Å². The molecule has 8 aromatic carbocycles. The van der Waals surface area contributed by atoms with Crippen LogP contribution in [0.5, 0.6) is 0 Å². The van der Waals surface area contributed by atoms with E-state index in [1.165, 1.54) is 81.9 Å². The largest absolute Gasteiger partial charge is 0.454 e. The number of furan rings is 1. The minimum absolute atomic E-state index is 0.00866. The second-order valence-corrected chi connectivity index (χ2v) is 18.5. The normalized spacial score (nSPS) is 22.2. The number of rotatable bonds is 5. The van der Waals surface area contributed by atoms with Crippen LogP contribution < -0.4 is 4.90 Å². The predicted octanol–water partition coefficient (Wildman–Crippen LogP) is 15.5. The van der Waals surface area contributed by atoms with Crippen molar-refractivity contribution in [1.29, 1.82) is 0 Å². The van der Waals surface area contributed by atoms with Crippen LogP contribution >= 0.6 is 0 Å². The fourth-order valence-electron chi connectivity index (χ4n) is 13.5. The van der Waals surface area contributed by atoms with E-state index in [1.807, 2.05) is 0 Å². The average molecular weight is 785 g/mol. The SMILES string of the molecule is c1ccc(-c2ccc3c(c2)C2(c4cc(N(c5cccc6c5oc5ccccc56)c5cccc6c5c5ccccc5n6-c5ccccc5)ccc4-3)C3CC4CC(C3)CC2C4)cc1. The lowest BCUT2D eigenvalue weighted by Gasteiger charge is -2.61. The Morgan fingerprint density at radius 3 is 1.90 bits per heavy atom. The number of para-hydroxylation sites is 4. The molecule has 15 rings (SSSR count). The van der Waals surface area contributed by atoms with Crippen LogP contribution in [-0.2, 0) is 5.41 Å². The third-order valence-corrected chi connectivity index (χ3v) is 15.6. The smallest absolute Gasteiger partial charge is 0.159 e. The summed E-state index contributed by atoms with van der Waals surface area (Å²) in [5.41, 5.74) is 17.4. The summed E-state index contributed by atoms with van der Waals surface area (Å²) in [6.45, 7) is 0. The third kappa shape index (κ3) is 4.64. The maximum atomic E-state index is 6.92. The molecule has 2 heterocycles. The molecule has 0 amide bonds. The highest BCUT2D eigenvalue weighted by Gasteiger charge is 2.61. The summed E-state index contributed by atoms with van der Waals surface area (Å²) in [6, 6.07) is 67.8. The minimum Gasteiger partial charge on any atom is -0.454 e. The van der Waals surface area contributed by atoms with Gasteiger partial charge in [0.1, 0.15) is 5.58 Å². The van der Waals surface area contributed by atoms with Crippen LogP contribution in [0.15, 0.2) is 186 Å². The standard InChI is InChI=1S/C58H44N2O/c1-3-13-38(14-4-1)39-25-27-44-45-28-26-43(35-50(45)58(49(44)34-39)40-30-36-29-37(32-40)33-41(58)31-36)60(54-23-11-19-47-46-17-8-10-24-55(46)61-57(47)54)53-22-12-21-52-56(53)48-18-7-9-20-51(48)59(52)42-15-5-2-6-16-42/h1-28,34-37,40-41H,29-33H2. The first-order valence-corrected chi connectivity index (χ1v) is 22.3. The highest BCUT2D eigenvalue weighted by atomic mass is 16.3. The molecule has 4 fully saturated rings. The molecule has 0 unspecified atom stereocenters. The molecule has 61 heavy (non-hydrogen) atoms. The Kier molecular flexibility index (Phi) is 7.01. The molecule has 3 nitrogen and oxygen atoms in total. The van der Waals surface area contributed by atoms with Crippen LogP contribution in [0.3, 0.4) is 0 Å². The summed E-state index contributed by atoms with van der Waals surface area (Å²) in [5.74, 6) is 3.01. The van der Waals surface area contributed by atoms with Crippen molar-refractivity contribution in [1.82, 2.24) is 4.57 Å². The predicted molar refractivity (Wildman–Crippen MR) is 251 cm³/mol. The first-order valence-electron chi connectivity index (χ1n) is 22.3. The van der Waals surface area contributed by atoms with Gasteiger partial charge in [-0.2, -0.15) is 0 Å². The highest BCUT2D eigenvalue weighted by molar-refractivity contribution is 6.18. The Balaban J connectivity index is 1.06. The van der Waals surface area contributed by atoms with Gasteiger partial charge in [-0.05, 0) is 150 Å². The maximum absolute atomic E-state index is 6.92. The van der Waals surface area contributed by atoms with Gasteiger partial charge in [0.05, 0.1) is 22.4 Å². The molecular weight excluding hydrogens is 741 g/mol. The zero-order valence-electron chi connectivity index (χ0n) is 34.0. The lowest BCUT2D eigenvalue weighted by atomic mass is 9.43. The van der Waals surface area contributed by atoms with Crippen molar-refractivity contribution >= 4 is 60.8 Å². The van der Waals surface area contributed by atoms with E-state index in [2.05, 4.69) is 191 Å². The van der Waals surface area contributed by atoms with Gasteiger partial charge in [0.25, 0.3) is 0 Å². The van der Waals surface area contributed by atoms with E-state index in [1.54, 1.807) is 11.1 Å². The summed E-state index contributed by atoms with van der Waals surface area (Å²) >= 11 is 0. The van der Waals surface area contributed by atoms with Crippen LogP contribution in [0, 0.1) is 23.7 Å². The van der Waals surface area contributed by atoms with Gasteiger partial charge in [-0.3, -0.25) is 0 Å². The van der Waals surface area contributed by atoms with Crippen molar-refractivity contribution in [2.75, 3.05) is 4.90 Å². The summed E-state index contributed by atoms with van der Waals surface area (Å²) < 4.78 is 9.35. The molecule has 0 atom stereocenters. The first kappa shape index (κ1) is 33.9. The Labute approximate surface area is 355 Å². The fourth-order valence-corrected chi connectivity index (χ4v) is 13.5. The quantitative estimate of drug-likeness (QED) is 0.173. The molecule has 0 radical (unpaired) electrons. The molecule has 2 aromatic heterocycles. The third-order valence-electron chi connectivity index (χ3n) is 15.6. The Bertz CT molecular complexity index is 3360. The molecule has 5 aliphatic carbocycles. The van der Waals surface area contributed by atoms with Crippen molar-refractivity contribution in [3.8, 4) is 27.9 Å². The molecular formula is C58H44N2O. The highest BCUT2D eigenvalue weighted by Crippen LogP contribution is 2.70.